The summed E-state index contributed by atoms with van der Waals surface area (Å²) in [5.41, 5.74) is 4.42. The second-order valence-electron chi connectivity index (χ2n) is 5.00. The molecule has 0 aliphatic carbocycles. The van der Waals surface area contributed by atoms with Gasteiger partial charge >= 0.3 is 0 Å². The number of halogens is 1. The lowest BCUT2D eigenvalue weighted by Gasteiger charge is -2.10. The summed E-state index contributed by atoms with van der Waals surface area (Å²) in [5, 5.41) is 0. The Labute approximate surface area is 131 Å². The van der Waals surface area contributed by atoms with Gasteiger partial charge in [0.1, 0.15) is 0 Å². The Balaban J connectivity index is 1.79. The van der Waals surface area contributed by atoms with Gasteiger partial charge in [0, 0.05) is 15.5 Å². The molecule has 0 radical (unpaired) electrons. The number of thiophene rings is 1. The van der Waals surface area contributed by atoms with Crippen LogP contribution in [0.1, 0.15) is 31.3 Å². The minimum absolute atomic E-state index is 0.453. The highest BCUT2D eigenvalue weighted by molar-refractivity contribution is 9.09. The smallest absolute Gasteiger partial charge is 0.0529 e. The van der Waals surface area contributed by atoms with Crippen LogP contribution in [-0.2, 0) is 18.6 Å². The van der Waals surface area contributed by atoms with E-state index in [1.54, 1.807) is 10.4 Å². The molecule has 1 aromatic carbocycles. The Morgan fingerprint density at radius 3 is 2.95 bits per heavy atom. The van der Waals surface area contributed by atoms with Crippen LogP contribution in [0.2, 0.25) is 0 Å². The van der Waals surface area contributed by atoms with Crippen molar-refractivity contribution >= 4 is 39.0 Å². The predicted molar refractivity (Wildman–Crippen MR) is 90.7 cm³/mol. The van der Waals surface area contributed by atoms with Crippen molar-refractivity contribution in [3.05, 3.63) is 56.8 Å². The first-order valence-electron chi connectivity index (χ1n) is 6.62. The molecular weight excluding hydrogens is 336 g/mol. The van der Waals surface area contributed by atoms with Crippen LogP contribution in [0, 0.1) is 6.92 Å². The number of aryl methyl sites for hydroxylation is 2. The minimum atomic E-state index is 0.453. The van der Waals surface area contributed by atoms with E-state index in [9.17, 15) is 0 Å². The van der Waals surface area contributed by atoms with Crippen LogP contribution in [0.3, 0.4) is 0 Å². The molecular formula is C16H17BrS2. The van der Waals surface area contributed by atoms with Crippen LogP contribution < -0.4 is 0 Å². The molecule has 3 heteroatoms. The Bertz CT molecular complexity index is 550. The molecule has 0 spiro atoms. The average molecular weight is 353 g/mol. The topological polar surface area (TPSA) is 0 Å². The third-order valence-electron chi connectivity index (χ3n) is 3.62. The van der Waals surface area contributed by atoms with Gasteiger partial charge in [0.25, 0.3) is 0 Å². The van der Waals surface area contributed by atoms with Crippen LogP contribution in [0.15, 0.2) is 30.3 Å². The molecule has 0 amide bonds. The van der Waals surface area contributed by atoms with Gasteiger partial charge in [-0.25, -0.2) is 0 Å². The van der Waals surface area contributed by atoms with Crippen molar-refractivity contribution in [2.45, 2.75) is 30.3 Å². The lowest BCUT2D eigenvalue weighted by molar-refractivity contribution is 0.956. The van der Waals surface area contributed by atoms with E-state index in [-0.39, 0.29) is 0 Å². The first-order chi connectivity index (χ1) is 9.24. The number of thioether (sulfide) groups is 1. The van der Waals surface area contributed by atoms with Crippen molar-refractivity contribution in [1.29, 1.82) is 0 Å². The SMILES string of the molecule is Cc1ccccc1CC(Br)c1cc2c(s1)CCSC2. The molecule has 2 aromatic rings. The first kappa shape index (κ1) is 13.7. The number of alkyl halides is 1. The van der Waals surface area contributed by atoms with Gasteiger partial charge in [0.2, 0.25) is 0 Å². The van der Waals surface area contributed by atoms with Crippen LogP contribution in [0.4, 0.5) is 0 Å². The molecule has 0 nitrogen and oxygen atoms in total. The van der Waals surface area contributed by atoms with Crippen molar-refractivity contribution in [2.75, 3.05) is 5.75 Å². The van der Waals surface area contributed by atoms with E-state index in [0.717, 1.165) is 6.42 Å². The zero-order valence-electron chi connectivity index (χ0n) is 11.0. The van der Waals surface area contributed by atoms with E-state index >= 15 is 0 Å². The minimum Gasteiger partial charge on any atom is -0.157 e. The molecule has 1 aromatic heterocycles. The molecule has 0 saturated heterocycles. The Morgan fingerprint density at radius 1 is 1.32 bits per heavy atom. The molecule has 19 heavy (non-hydrogen) atoms. The van der Waals surface area contributed by atoms with Gasteiger partial charge in [-0.1, -0.05) is 40.2 Å². The van der Waals surface area contributed by atoms with E-state index < -0.39 is 0 Å². The zero-order chi connectivity index (χ0) is 13.2. The summed E-state index contributed by atoms with van der Waals surface area (Å²) >= 11 is 7.96. The number of benzene rings is 1. The summed E-state index contributed by atoms with van der Waals surface area (Å²) in [4.78, 5) is 3.56. The molecule has 1 unspecified atom stereocenters. The van der Waals surface area contributed by atoms with Crippen molar-refractivity contribution in [3.8, 4) is 0 Å². The van der Waals surface area contributed by atoms with E-state index in [0.29, 0.717) is 4.83 Å². The number of hydrogen-bond donors (Lipinski definition) is 0. The predicted octanol–water partition coefficient (Wildman–Crippen LogP) is 5.52. The molecule has 1 aliphatic heterocycles. The van der Waals surface area contributed by atoms with E-state index in [1.807, 2.05) is 11.3 Å². The monoisotopic (exact) mass is 352 g/mol. The van der Waals surface area contributed by atoms with E-state index in [1.165, 1.54) is 33.9 Å². The maximum absolute atomic E-state index is 3.89. The van der Waals surface area contributed by atoms with Crippen molar-refractivity contribution < 1.29 is 0 Å². The molecule has 0 fully saturated rings. The maximum Gasteiger partial charge on any atom is 0.0529 e. The standard InChI is InChI=1S/C16H17BrS2/c1-11-4-2-3-5-12(11)8-14(17)16-9-13-10-18-7-6-15(13)19-16/h2-5,9,14H,6-8,10H2,1H3. The first-order valence-corrected chi connectivity index (χ1v) is 9.50. The van der Waals surface area contributed by atoms with Gasteiger partial charge < -0.3 is 0 Å². The molecule has 0 bridgehead atoms. The number of rotatable bonds is 3. The highest BCUT2D eigenvalue weighted by atomic mass is 79.9. The molecule has 3 rings (SSSR count). The lowest BCUT2D eigenvalue weighted by atomic mass is 10.0. The van der Waals surface area contributed by atoms with E-state index in [2.05, 4.69) is 64.9 Å². The zero-order valence-corrected chi connectivity index (χ0v) is 14.2. The van der Waals surface area contributed by atoms with Gasteiger partial charge in [0.05, 0.1) is 4.83 Å². The molecule has 0 N–H and O–H groups in total. The summed E-state index contributed by atoms with van der Waals surface area (Å²) in [6, 6.07) is 11.1. The van der Waals surface area contributed by atoms with Gasteiger partial charge in [-0.2, -0.15) is 11.8 Å². The average Bonchev–Trinajstić information content (AvgIpc) is 2.85. The third-order valence-corrected chi connectivity index (χ3v) is 7.09. The molecule has 100 valence electrons. The fraction of sp³-hybridized carbons (Fsp3) is 0.375. The van der Waals surface area contributed by atoms with E-state index in [4.69, 9.17) is 0 Å². The van der Waals surface area contributed by atoms with Crippen LogP contribution in [-0.4, -0.2) is 5.75 Å². The summed E-state index contributed by atoms with van der Waals surface area (Å²) in [7, 11) is 0. The second kappa shape index (κ2) is 6.02. The Hall–Kier alpha value is -0.250. The largest absolute Gasteiger partial charge is 0.157 e. The highest BCUT2D eigenvalue weighted by Crippen LogP contribution is 2.38. The summed E-state index contributed by atoms with van der Waals surface area (Å²) in [6.45, 7) is 2.20. The second-order valence-corrected chi connectivity index (χ2v) is 8.38. The van der Waals surface area contributed by atoms with Gasteiger partial charge in [-0.05, 0) is 48.3 Å². The lowest BCUT2D eigenvalue weighted by Crippen LogP contribution is -1.96. The van der Waals surface area contributed by atoms with Crippen molar-refractivity contribution in [3.63, 3.8) is 0 Å². The van der Waals surface area contributed by atoms with Crippen molar-refractivity contribution in [1.82, 2.24) is 0 Å². The fourth-order valence-electron chi connectivity index (χ4n) is 2.46. The Morgan fingerprint density at radius 2 is 2.16 bits per heavy atom. The molecule has 1 aliphatic rings. The number of hydrogen-bond acceptors (Lipinski definition) is 2. The van der Waals surface area contributed by atoms with Crippen LogP contribution >= 0.6 is 39.0 Å². The van der Waals surface area contributed by atoms with Gasteiger partial charge in [0.15, 0.2) is 0 Å². The number of fused-ring (bicyclic) bond motifs is 1. The van der Waals surface area contributed by atoms with Crippen LogP contribution in [0.25, 0.3) is 0 Å². The normalized spacial score (nSPS) is 16.1. The fourth-order valence-corrected chi connectivity index (χ4v) is 5.57. The highest BCUT2D eigenvalue weighted by Gasteiger charge is 2.18. The van der Waals surface area contributed by atoms with Crippen molar-refractivity contribution in [2.24, 2.45) is 0 Å². The van der Waals surface area contributed by atoms with Crippen LogP contribution in [0.5, 0.6) is 0 Å². The van der Waals surface area contributed by atoms with Gasteiger partial charge in [-0.3, -0.25) is 0 Å². The summed E-state index contributed by atoms with van der Waals surface area (Å²) < 4.78 is 0. The summed E-state index contributed by atoms with van der Waals surface area (Å²) in [5.74, 6) is 2.49. The maximum atomic E-state index is 3.89. The molecule has 2 heterocycles. The summed E-state index contributed by atoms with van der Waals surface area (Å²) in [6.07, 6.45) is 2.34. The van der Waals surface area contributed by atoms with Gasteiger partial charge in [-0.15, -0.1) is 11.3 Å². The Kier molecular flexibility index (Phi) is 4.35. The molecule has 1 atom stereocenters. The molecule has 0 saturated carbocycles. The quantitative estimate of drug-likeness (QED) is 0.654. The third kappa shape index (κ3) is 3.09.